The van der Waals surface area contributed by atoms with Crippen LogP contribution in [0.5, 0.6) is 0 Å². The number of rotatable bonds is 1. The minimum Gasteiger partial charge on any atom is -0.439 e. The van der Waals surface area contributed by atoms with E-state index in [9.17, 15) is 9.59 Å². The van der Waals surface area contributed by atoms with Gasteiger partial charge < -0.3 is 10.2 Å². The smallest absolute Gasteiger partial charge is 0.330 e. The standard InChI is InChI=1S/C6H6ClN3O3/c7-4-2-1-3(13-4)5(11)9-10-6(8)12/h1-2H,(H,9,11)(H3,8,10,12). The third kappa shape index (κ3) is 2.68. The van der Waals surface area contributed by atoms with Gasteiger partial charge in [-0.05, 0) is 23.7 Å². The topological polar surface area (TPSA) is 97.4 Å². The number of carbonyl (C=O) groups is 2. The second-order valence-corrected chi connectivity index (χ2v) is 2.42. The SMILES string of the molecule is NC(=O)NNC(=O)c1ccc(Cl)o1. The molecule has 13 heavy (non-hydrogen) atoms. The summed E-state index contributed by atoms with van der Waals surface area (Å²) in [5, 5.41) is 0.0872. The number of amides is 3. The Kier molecular flexibility index (Phi) is 2.76. The quantitative estimate of drug-likeness (QED) is 0.571. The van der Waals surface area contributed by atoms with E-state index < -0.39 is 11.9 Å². The van der Waals surface area contributed by atoms with Gasteiger partial charge >= 0.3 is 11.9 Å². The zero-order valence-electron chi connectivity index (χ0n) is 6.33. The number of nitrogens with two attached hydrogens (primary N) is 1. The molecule has 0 aliphatic carbocycles. The highest BCUT2D eigenvalue weighted by Gasteiger charge is 2.09. The molecule has 7 heteroatoms. The molecule has 1 heterocycles. The zero-order chi connectivity index (χ0) is 9.84. The van der Waals surface area contributed by atoms with Gasteiger partial charge in [0.05, 0.1) is 0 Å². The third-order valence-electron chi connectivity index (χ3n) is 1.10. The molecule has 0 saturated carbocycles. The Labute approximate surface area is 78.0 Å². The number of nitrogens with one attached hydrogen (secondary N) is 2. The molecule has 0 fully saturated rings. The van der Waals surface area contributed by atoms with Crippen LogP contribution in [-0.4, -0.2) is 11.9 Å². The Morgan fingerprint density at radius 2 is 2.08 bits per heavy atom. The molecule has 0 aliphatic heterocycles. The summed E-state index contributed by atoms with van der Waals surface area (Å²) in [5.74, 6) is -0.649. The molecule has 1 aromatic heterocycles. The van der Waals surface area contributed by atoms with E-state index >= 15 is 0 Å². The van der Waals surface area contributed by atoms with Crippen molar-refractivity contribution in [3.05, 3.63) is 23.1 Å². The average molecular weight is 204 g/mol. The predicted octanol–water partition coefficient (Wildman–Crippen LogP) is 0.246. The van der Waals surface area contributed by atoms with Crippen LogP contribution in [0, 0.1) is 0 Å². The molecule has 0 spiro atoms. The fourth-order valence-corrected chi connectivity index (χ4v) is 0.762. The lowest BCUT2D eigenvalue weighted by molar-refractivity contribution is 0.0909. The van der Waals surface area contributed by atoms with Crippen LogP contribution >= 0.6 is 11.6 Å². The van der Waals surface area contributed by atoms with Gasteiger partial charge in [0.25, 0.3) is 0 Å². The van der Waals surface area contributed by atoms with E-state index in [4.69, 9.17) is 21.8 Å². The molecule has 1 aromatic rings. The average Bonchev–Trinajstić information content (AvgIpc) is 2.47. The van der Waals surface area contributed by atoms with E-state index in [1.165, 1.54) is 12.1 Å². The summed E-state index contributed by atoms with van der Waals surface area (Å²) in [4.78, 5) is 21.2. The third-order valence-corrected chi connectivity index (χ3v) is 1.30. The van der Waals surface area contributed by atoms with Gasteiger partial charge in [0.1, 0.15) is 0 Å². The number of furan rings is 1. The number of halogens is 1. The van der Waals surface area contributed by atoms with Crippen LogP contribution in [0.1, 0.15) is 10.6 Å². The molecule has 70 valence electrons. The molecule has 0 unspecified atom stereocenters. The van der Waals surface area contributed by atoms with Gasteiger partial charge in [0.2, 0.25) is 0 Å². The van der Waals surface area contributed by atoms with Gasteiger partial charge in [-0.15, -0.1) is 0 Å². The lowest BCUT2D eigenvalue weighted by Gasteiger charge is -2.00. The summed E-state index contributed by atoms with van der Waals surface area (Å²) in [6.45, 7) is 0. The number of hydrazine groups is 1. The second-order valence-electron chi connectivity index (χ2n) is 2.05. The van der Waals surface area contributed by atoms with Gasteiger partial charge in [-0.3, -0.25) is 10.2 Å². The van der Waals surface area contributed by atoms with Gasteiger partial charge in [0.15, 0.2) is 11.0 Å². The summed E-state index contributed by atoms with van der Waals surface area (Å²) in [7, 11) is 0. The van der Waals surface area contributed by atoms with Crippen LogP contribution in [0.25, 0.3) is 0 Å². The molecule has 0 bridgehead atoms. The fraction of sp³-hybridized carbons (Fsp3) is 0. The number of urea groups is 1. The van der Waals surface area contributed by atoms with Crippen LogP contribution in [0.3, 0.4) is 0 Å². The van der Waals surface area contributed by atoms with Gasteiger partial charge in [-0.1, -0.05) is 0 Å². The molecule has 0 radical (unpaired) electrons. The summed E-state index contributed by atoms with van der Waals surface area (Å²) in [6.07, 6.45) is 0. The normalized spacial score (nSPS) is 9.31. The van der Waals surface area contributed by atoms with E-state index in [0.29, 0.717) is 0 Å². The van der Waals surface area contributed by atoms with Crippen molar-refractivity contribution in [2.24, 2.45) is 5.73 Å². The van der Waals surface area contributed by atoms with Gasteiger partial charge in [-0.2, -0.15) is 0 Å². The van der Waals surface area contributed by atoms with Crippen molar-refractivity contribution < 1.29 is 14.0 Å². The van der Waals surface area contributed by atoms with E-state index in [-0.39, 0.29) is 11.0 Å². The zero-order valence-corrected chi connectivity index (χ0v) is 7.09. The lowest BCUT2D eigenvalue weighted by atomic mass is 10.4. The van der Waals surface area contributed by atoms with Crippen molar-refractivity contribution >= 4 is 23.5 Å². The largest absolute Gasteiger partial charge is 0.439 e. The first-order valence-electron chi connectivity index (χ1n) is 3.20. The van der Waals surface area contributed by atoms with Gasteiger partial charge in [0, 0.05) is 0 Å². The number of hydrogen-bond acceptors (Lipinski definition) is 3. The summed E-state index contributed by atoms with van der Waals surface area (Å²) in [5.41, 5.74) is 8.59. The number of primary amides is 1. The van der Waals surface area contributed by atoms with Crippen LogP contribution in [-0.2, 0) is 0 Å². The highest BCUT2D eigenvalue weighted by atomic mass is 35.5. The van der Waals surface area contributed by atoms with Crippen LogP contribution in [0.15, 0.2) is 16.5 Å². The molecule has 1 rings (SSSR count). The minimum atomic E-state index is -0.869. The van der Waals surface area contributed by atoms with Crippen LogP contribution < -0.4 is 16.6 Å². The molecule has 3 amide bonds. The van der Waals surface area contributed by atoms with Crippen molar-refractivity contribution in [2.75, 3.05) is 0 Å². The first-order chi connectivity index (χ1) is 6.09. The van der Waals surface area contributed by atoms with Crippen LogP contribution in [0.4, 0.5) is 4.79 Å². The van der Waals surface area contributed by atoms with Crippen molar-refractivity contribution in [1.82, 2.24) is 10.9 Å². The van der Waals surface area contributed by atoms with Crippen LogP contribution in [0.2, 0.25) is 5.22 Å². The first kappa shape index (κ1) is 9.40. The molecule has 0 aromatic carbocycles. The van der Waals surface area contributed by atoms with Crippen molar-refractivity contribution in [1.29, 1.82) is 0 Å². The van der Waals surface area contributed by atoms with Crippen molar-refractivity contribution in [3.63, 3.8) is 0 Å². The summed E-state index contributed by atoms with van der Waals surface area (Å²) in [6, 6.07) is 1.90. The molecule has 6 nitrogen and oxygen atoms in total. The molecular weight excluding hydrogens is 198 g/mol. The number of hydrogen-bond donors (Lipinski definition) is 3. The molecule has 4 N–H and O–H groups in total. The molecule has 0 saturated heterocycles. The Hall–Kier alpha value is -1.69. The number of carbonyl (C=O) groups excluding carboxylic acids is 2. The summed E-state index contributed by atoms with van der Waals surface area (Å²) < 4.78 is 4.74. The Bertz CT molecular complexity index is 336. The van der Waals surface area contributed by atoms with E-state index in [2.05, 4.69) is 0 Å². The van der Waals surface area contributed by atoms with Crippen molar-refractivity contribution in [3.8, 4) is 0 Å². The Balaban J connectivity index is 2.54. The first-order valence-corrected chi connectivity index (χ1v) is 3.58. The highest BCUT2D eigenvalue weighted by molar-refractivity contribution is 6.29. The highest BCUT2D eigenvalue weighted by Crippen LogP contribution is 2.12. The van der Waals surface area contributed by atoms with Gasteiger partial charge in [-0.25, -0.2) is 10.2 Å². The molecular formula is C6H6ClN3O3. The maximum atomic E-state index is 11.0. The second kappa shape index (κ2) is 3.81. The van der Waals surface area contributed by atoms with E-state index in [0.717, 1.165) is 0 Å². The molecule has 0 atom stereocenters. The Morgan fingerprint density at radius 1 is 1.38 bits per heavy atom. The molecule has 0 aliphatic rings. The van der Waals surface area contributed by atoms with E-state index in [1.807, 2.05) is 10.9 Å². The maximum absolute atomic E-state index is 11.0. The lowest BCUT2D eigenvalue weighted by Crippen LogP contribution is -2.44. The Morgan fingerprint density at radius 3 is 2.54 bits per heavy atom. The van der Waals surface area contributed by atoms with E-state index in [1.54, 1.807) is 0 Å². The summed E-state index contributed by atoms with van der Waals surface area (Å²) >= 11 is 5.41. The monoisotopic (exact) mass is 203 g/mol. The van der Waals surface area contributed by atoms with Crippen molar-refractivity contribution in [2.45, 2.75) is 0 Å². The fourth-order valence-electron chi connectivity index (χ4n) is 0.616. The predicted molar refractivity (Wildman–Crippen MR) is 43.9 cm³/mol. The minimum absolute atomic E-state index is 0.0150. The maximum Gasteiger partial charge on any atom is 0.330 e.